The van der Waals surface area contributed by atoms with Gasteiger partial charge < -0.3 is 15.7 Å². The molecule has 5 heteroatoms. The molecule has 0 aromatic heterocycles. The average molecular weight is 276 g/mol. The van der Waals surface area contributed by atoms with E-state index in [0.717, 1.165) is 18.8 Å². The third-order valence-corrected chi connectivity index (χ3v) is 3.77. The van der Waals surface area contributed by atoms with Gasteiger partial charge >= 0.3 is 5.97 Å². The van der Waals surface area contributed by atoms with Gasteiger partial charge in [-0.3, -0.25) is 9.59 Å². The molecule has 3 N–H and O–H groups in total. The van der Waals surface area contributed by atoms with Crippen LogP contribution in [0.2, 0.25) is 0 Å². The van der Waals surface area contributed by atoms with Crippen molar-refractivity contribution in [3.63, 3.8) is 0 Å². The number of benzene rings is 1. The topological polar surface area (TPSA) is 83.6 Å². The Balaban J connectivity index is 2.01. The fourth-order valence-corrected chi connectivity index (χ4v) is 2.48. The van der Waals surface area contributed by atoms with E-state index < -0.39 is 12.0 Å². The summed E-state index contributed by atoms with van der Waals surface area (Å²) in [6.45, 7) is 3.14. The van der Waals surface area contributed by atoms with Crippen LogP contribution >= 0.6 is 0 Å². The first kappa shape index (κ1) is 14.5. The maximum absolute atomic E-state index is 11.7. The van der Waals surface area contributed by atoms with Crippen molar-refractivity contribution in [1.82, 2.24) is 0 Å². The summed E-state index contributed by atoms with van der Waals surface area (Å²) in [6.07, 6.45) is 1.33. The SMILES string of the molecule is CC(N)C(=O)c1ccc(N2CCC(C(=O)O)CC2)cc1. The van der Waals surface area contributed by atoms with Crippen molar-refractivity contribution in [2.75, 3.05) is 18.0 Å². The van der Waals surface area contributed by atoms with E-state index in [0.29, 0.717) is 18.4 Å². The number of carboxylic acids is 1. The Bertz CT molecular complexity index is 488. The Kier molecular flexibility index (Phi) is 4.39. The van der Waals surface area contributed by atoms with E-state index in [4.69, 9.17) is 10.8 Å². The summed E-state index contributed by atoms with van der Waals surface area (Å²) in [5.41, 5.74) is 7.22. The minimum atomic E-state index is -0.706. The first-order valence-corrected chi connectivity index (χ1v) is 6.86. The second-order valence-corrected chi connectivity index (χ2v) is 5.30. The molecule has 2 rings (SSSR count). The molecular formula is C15H20N2O3. The zero-order chi connectivity index (χ0) is 14.7. The van der Waals surface area contributed by atoms with Crippen LogP contribution in [0.1, 0.15) is 30.1 Å². The van der Waals surface area contributed by atoms with Gasteiger partial charge in [-0.2, -0.15) is 0 Å². The molecule has 108 valence electrons. The van der Waals surface area contributed by atoms with Gasteiger partial charge in [-0.1, -0.05) is 0 Å². The molecule has 1 atom stereocenters. The Morgan fingerprint density at radius 1 is 1.25 bits per heavy atom. The number of carboxylic acid groups (broad SMARTS) is 1. The zero-order valence-corrected chi connectivity index (χ0v) is 11.6. The van der Waals surface area contributed by atoms with Crippen molar-refractivity contribution in [2.24, 2.45) is 11.7 Å². The standard InChI is InChI=1S/C15H20N2O3/c1-10(16)14(18)11-2-4-13(5-3-11)17-8-6-12(7-9-17)15(19)20/h2-5,10,12H,6-9,16H2,1H3,(H,19,20). The number of hydrogen-bond acceptors (Lipinski definition) is 4. The smallest absolute Gasteiger partial charge is 0.306 e. The van der Waals surface area contributed by atoms with Gasteiger partial charge in [-0.05, 0) is 44.0 Å². The second-order valence-electron chi connectivity index (χ2n) is 5.30. The minimum absolute atomic E-state index is 0.0684. The second kappa shape index (κ2) is 6.05. The van der Waals surface area contributed by atoms with Gasteiger partial charge in [0.05, 0.1) is 12.0 Å². The number of nitrogens with zero attached hydrogens (tertiary/aromatic N) is 1. The van der Waals surface area contributed by atoms with Gasteiger partial charge in [0.1, 0.15) is 0 Å². The Hall–Kier alpha value is -1.88. The lowest BCUT2D eigenvalue weighted by atomic mass is 9.96. The molecule has 0 amide bonds. The quantitative estimate of drug-likeness (QED) is 0.815. The van der Waals surface area contributed by atoms with Gasteiger partial charge in [0.2, 0.25) is 0 Å². The summed E-state index contributed by atoms with van der Waals surface area (Å²) in [7, 11) is 0. The van der Waals surface area contributed by atoms with Crippen LogP contribution < -0.4 is 10.6 Å². The molecule has 1 aliphatic heterocycles. The van der Waals surface area contributed by atoms with E-state index in [9.17, 15) is 9.59 Å². The number of Topliss-reactive ketones (excluding diaryl/α,β-unsaturated/α-hetero) is 1. The van der Waals surface area contributed by atoms with E-state index in [1.165, 1.54) is 0 Å². The van der Waals surface area contributed by atoms with Crippen molar-refractivity contribution in [3.8, 4) is 0 Å². The van der Waals surface area contributed by atoms with Crippen LogP contribution in [0.25, 0.3) is 0 Å². The van der Waals surface area contributed by atoms with E-state index in [1.807, 2.05) is 12.1 Å². The molecule has 1 aliphatic rings. The highest BCUT2D eigenvalue weighted by Gasteiger charge is 2.24. The summed E-state index contributed by atoms with van der Waals surface area (Å²) in [6, 6.07) is 6.87. The highest BCUT2D eigenvalue weighted by atomic mass is 16.4. The summed E-state index contributed by atoms with van der Waals surface area (Å²) in [5.74, 6) is -1.01. The van der Waals surface area contributed by atoms with Gasteiger partial charge in [-0.25, -0.2) is 0 Å². The van der Waals surface area contributed by atoms with E-state index >= 15 is 0 Å². The summed E-state index contributed by atoms with van der Waals surface area (Å²) >= 11 is 0. The largest absolute Gasteiger partial charge is 0.481 e. The van der Waals surface area contributed by atoms with Crippen LogP contribution in [0.4, 0.5) is 5.69 Å². The van der Waals surface area contributed by atoms with Gasteiger partial charge in [-0.15, -0.1) is 0 Å². The minimum Gasteiger partial charge on any atom is -0.481 e. The van der Waals surface area contributed by atoms with Crippen molar-refractivity contribution >= 4 is 17.4 Å². The van der Waals surface area contributed by atoms with Gasteiger partial charge in [0.25, 0.3) is 0 Å². The van der Waals surface area contributed by atoms with Crippen LogP contribution in [-0.4, -0.2) is 36.0 Å². The van der Waals surface area contributed by atoms with Crippen LogP contribution in [-0.2, 0) is 4.79 Å². The molecular weight excluding hydrogens is 256 g/mol. The first-order chi connectivity index (χ1) is 9.49. The van der Waals surface area contributed by atoms with Crippen LogP contribution in [0.5, 0.6) is 0 Å². The summed E-state index contributed by atoms with van der Waals surface area (Å²) < 4.78 is 0. The average Bonchev–Trinajstić information content (AvgIpc) is 2.46. The number of ketones is 1. The molecule has 1 fully saturated rings. The molecule has 1 aromatic rings. The molecule has 0 aliphatic carbocycles. The maximum atomic E-state index is 11.7. The molecule has 1 saturated heterocycles. The predicted octanol–water partition coefficient (Wildman–Crippen LogP) is 1.52. The number of carbonyl (C=O) groups is 2. The Morgan fingerprint density at radius 3 is 2.25 bits per heavy atom. The van der Waals surface area contributed by atoms with Crippen molar-refractivity contribution in [2.45, 2.75) is 25.8 Å². The van der Waals surface area contributed by atoms with E-state index in [-0.39, 0.29) is 11.7 Å². The molecule has 5 nitrogen and oxygen atoms in total. The zero-order valence-electron chi connectivity index (χ0n) is 11.6. The highest BCUT2D eigenvalue weighted by Crippen LogP contribution is 2.23. The van der Waals surface area contributed by atoms with Crippen LogP contribution in [0.15, 0.2) is 24.3 Å². The van der Waals surface area contributed by atoms with Crippen molar-refractivity contribution in [3.05, 3.63) is 29.8 Å². The fraction of sp³-hybridized carbons (Fsp3) is 0.467. The van der Waals surface area contributed by atoms with E-state index in [1.54, 1.807) is 19.1 Å². The summed E-state index contributed by atoms with van der Waals surface area (Å²) in [4.78, 5) is 24.8. The number of hydrogen-bond donors (Lipinski definition) is 2. The number of anilines is 1. The lowest BCUT2D eigenvalue weighted by Gasteiger charge is -2.32. The Morgan fingerprint density at radius 2 is 1.80 bits per heavy atom. The molecule has 1 unspecified atom stereocenters. The molecule has 0 saturated carbocycles. The summed E-state index contributed by atoms with van der Waals surface area (Å²) in [5, 5.41) is 8.98. The molecule has 1 heterocycles. The molecule has 1 aromatic carbocycles. The third-order valence-electron chi connectivity index (χ3n) is 3.77. The van der Waals surface area contributed by atoms with Crippen molar-refractivity contribution < 1.29 is 14.7 Å². The fourth-order valence-electron chi connectivity index (χ4n) is 2.48. The third kappa shape index (κ3) is 3.17. The molecule has 0 radical (unpaired) electrons. The molecule has 20 heavy (non-hydrogen) atoms. The maximum Gasteiger partial charge on any atom is 0.306 e. The normalized spacial score (nSPS) is 17.8. The molecule has 0 bridgehead atoms. The van der Waals surface area contributed by atoms with Crippen molar-refractivity contribution in [1.29, 1.82) is 0 Å². The lowest BCUT2D eigenvalue weighted by molar-refractivity contribution is -0.142. The van der Waals surface area contributed by atoms with Gasteiger partial charge in [0.15, 0.2) is 5.78 Å². The molecule has 0 spiro atoms. The monoisotopic (exact) mass is 276 g/mol. The van der Waals surface area contributed by atoms with E-state index in [2.05, 4.69) is 4.90 Å². The first-order valence-electron chi connectivity index (χ1n) is 6.86. The van der Waals surface area contributed by atoms with Crippen LogP contribution in [0, 0.1) is 5.92 Å². The predicted molar refractivity (Wildman–Crippen MR) is 77.0 cm³/mol. The highest BCUT2D eigenvalue weighted by molar-refractivity contribution is 5.99. The van der Waals surface area contributed by atoms with Crippen LogP contribution in [0.3, 0.4) is 0 Å². The number of rotatable bonds is 4. The number of piperidine rings is 1. The number of aliphatic carboxylic acids is 1. The lowest BCUT2D eigenvalue weighted by Crippen LogP contribution is -2.36. The number of carbonyl (C=O) groups excluding carboxylic acids is 1. The number of nitrogens with two attached hydrogens (primary N) is 1. The Labute approximate surface area is 118 Å². The van der Waals surface area contributed by atoms with Gasteiger partial charge in [0, 0.05) is 24.3 Å².